The van der Waals surface area contributed by atoms with E-state index in [1.807, 2.05) is 12.1 Å². The van der Waals surface area contributed by atoms with Crippen LogP contribution in [0.25, 0.3) is 0 Å². The molecule has 1 heterocycles. The molecular formula is C13H21N3O. The molecule has 1 saturated carbocycles. The van der Waals surface area contributed by atoms with Crippen LogP contribution >= 0.6 is 0 Å². The van der Waals surface area contributed by atoms with E-state index in [0.717, 1.165) is 18.8 Å². The van der Waals surface area contributed by atoms with Gasteiger partial charge in [-0.15, -0.1) is 0 Å². The third kappa shape index (κ3) is 3.89. The van der Waals surface area contributed by atoms with E-state index in [9.17, 15) is 0 Å². The highest BCUT2D eigenvalue weighted by Gasteiger charge is 2.12. The molecule has 1 aliphatic rings. The summed E-state index contributed by atoms with van der Waals surface area (Å²) in [6, 6.07) is 3.81. The van der Waals surface area contributed by atoms with Crippen molar-refractivity contribution in [2.45, 2.75) is 38.2 Å². The fraction of sp³-hybridized carbons (Fsp3) is 0.615. The molecule has 0 spiro atoms. The van der Waals surface area contributed by atoms with Gasteiger partial charge >= 0.3 is 0 Å². The van der Waals surface area contributed by atoms with E-state index in [2.05, 4.69) is 10.3 Å². The number of ether oxygens (including phenoxy) is 1. The van der Waals surface area contributed by atoms with Gasteiger partial charge in [0.25, 0.3) is 0 Å². The highest BCUT2D eigenvalue weighted by molar-refractivity contribution is 5.60. The lowest BCUT2D eigenvalue weighted by molar-refractivity contribution is 0.0347. The van der Waals surface area contributed by atoms with E-state index in [1.165, 1.54) is 32.1 Å². The molecule has 0 unspecified atom stereocenters. The Bertz CT molecular complexity index is 337. The van der Waals surface area contributed by atoms with Crippen molar-refractivity contribution in [1.82, 2.24) is 4.98 Å². The predicted octanol–water partition coefficient (Wildman–Crippen LogP) is 2.43. The van der Waals surface area contributed by atoms with Gasteiger partial charge in [0.15, 0.2) is 0 Å². The molecule has 0 bridgehead atoms. The number of hydrogen-bond donors (Lipinski definition) is 2. The molecule has 1 aromatic heterocycles. The number of rotatable bonds is 5. The molecule has 2 rings (SSSR count). The Hall–Kier alpha value is -1.29. The number of pyridine rings is 1. The average Bonchev–Trinajstić information content (AvgIpc) is 2.38. The van der Waals surface area contributed by atoms with Gasteiger partial charge in [-0.25, -0.2) is 4.98 Å². The molecule has 3 N–H and O–H groups in total. The number of nitrogens with zero attached hydrogens (tertiary/aromatic N) is 1. The van der Waals surface area contributed by atoms with Crippen molar-refractivity contribution in [1.29, 1.82) is 0 Å². The van der Waals surface area contributed by atoms with Crippen molar-refractivity contribution in [3.05, 3.63) is 18.3 Å². The zero-order valence-corrected chi connectivity index (χ0v) is 10.2. The Labute approximate surface area is 103 Å². The Kier molecular flexibility index (Phi) is 4.62. The monoisotopic (exact) mass is 235 g/mol. The van der Waals surface area contributed by atoms with Crippen LogP contribution < -0.4 is 11.1 Å². The van der Waals surface area contributed by atoms with Crippen LogP contribution in [-0.4, -0.2) is 24.2 Å². The first-order valence-corrected chi connectivity index (χ1v) is 6.42. The van der Waals surface area contributed by atoms with Crippen LogP contribution in [-0.2, 0) is 4.74 Å². The van der Waals surface area contributed by atoms with E-state index in [1.54, 1.807) is 6.20 Å². The second kappa shape index (κ2) is 6.45. The summed E-state index contributed by atoms with van der Waals surface area (Å²) in [5, 5.41) is 3.24. The number of nitrogens with two attached hydrogens (primary N) is 1. The molecule has 0 radical (unpaired) electrons. The standard InChI is InChI=1S/C13H21N3O/c14-13-12(7-4-8-16-13)15-9-10-17-11-5-2-1-3-6-11/h4,7-8,11,15H,1-3,5-6,9-10H2,(H2,14,16). The fourth-order valence-corrected chi connectivity index (χ4v) is 2.21. The van der Waals surface area contributed by atoms with E-state index in [4.69, 9.17) is 10.5 Å². The van der Waals surface area contributed by atoms with Gasteiger partial charge < -0.3 is 15.8 Å². The number of anilines is 2. The summed E-state index contributed by atoms with van der Waals surface area (Å²) in [7, 11) is 0. The van der Waals surface area contributed by atoms with E-state index in [0.29, 0.717) is 11.9 Å². The second-order valence-corrected chi connectivity index (χ2v) is 4.49. The lowest BCUT2D eigenvalue weighted by atomic mass is 9.98. The zero-order chi connectivity index (χ0) is 11.9. The maximum Gasteiger partial charge on any atom is 0.146 e. The molecule has 94 valence electrons. The van der Waals surface area contributed by atoms with Gasteiger partial charge in [0.1, 0.15) is 5.82 Å². The van der Waals surface area contributed by atoms with E-state index in [-0.39, 0.29) is 0 Å². The molecular weight excluding hydrogens is 214 g/mol. The second-order valence-electron chi connectivity index (χ2n) is 4.49. The minimum Gasteiger partial charge on any atom is -0.382 e. The lowest BCUT2D eigenvalue weighted by Crippen LogP contribution is -2.20. The van der Waals surface area contributed by atoms with Crippen LogP contribution in [0.2, 0.25) is 0 Å². The topological polar surface area (TPSA) is 60.2 Å². The number of hydrogen-bond acceptors (Lipinski definition) is 4. The van der Waals surface area contributed by atoms with Crippen molar-refractivity contribution in [3.63, 3.8) is 0 Å². The summed E-state index contributed by atoms with van der Waals surface area (Å²) in [5.74, 6) is 0.546. The molecule has 1 fully saturated rings. The predicted molar refractivity (Wildman–Crippen MR) is 70.0 cm³/mol. The maximum atomic E-state index is 5.82. The lowest BCUT2D eigenvalue weighted by Gasteiger charge is -2.22. The molecule has 1 aliphatic carbocycles. The minimum atomic E-state index is 0.469. The number of nitrogen functional groups attached to an aromatic ring is 1. The molecule has 0 amide bonds. The Morgan fingerprint density at radius 1 is 1.35 bits per heavy atom. The molecule has 0 saturated heterocycles. The number of nitrogens with one attached hydrogen (secondary N) is 1. The molecule has 4 nitrogen and oxygen atoms in total. The third-order valence-corrected chi connectivity index (χ3v) is 3.16. The molecule has 4 heteroatoms. The summed E-state index contributed by atoms with van der Waals surface area (Å²) in [5.41, 5.74) is 6.62. The summed E-state index contributed by atoms with van der Waals surface area (Å²) >= 11 is 0. The highest BCUT2D eigenvalue weighted by atomic mass is 16.5. The van der Waals surface area contributed by atoms with Crippen LogP contribution in [0.5, 0.6) is 0 Å². The maximum absolute atomic E-state index is 5.82. The minimum absolute atomic E-state index is 0.469. The van der Waals surface area contributed by atoms with Gasteiger partial charge in [0.05, 0.1) is 18.4 Å². The van der Waals surface area contributed by atoms with E-state index >= 15 is 0 Å². The highest BCUT2D eigenvalue weighted by Crippen LogP contribution is 2.20. The van der Waals surface area contributed by atoms with Gasteiger partial charge in [0.2, 0.25) is 0 Å². The van der Waals surface area contributed by atoms with Gasteiger partial charge in [0, 0.05) is 12.7 Å². The molecule has 0 aliphatic heterocycles. The van der Waals surface area contributed by atoms with Crippen molar-refractivity contribution in [3.8, 4) is 0 Å². The first-order chi connectivity index (χ1) is 8.36. The van der Waals surface area contributed by atoms with Crippen LogP contribution in [0.3, 0.4) is 0 Å². The summed E-state index contributed by atoms with van der Waals surface area (Å²) in [6.45, 7) is 1.52. The van der Waals surface area contributed by atoms with Gasteiger partial charge in [-0.2, -0.15) is 0 Å². The van der Waals surface area contributed by atoms with Crippen molar-refractivity contribution >= 4 is 11.5 Å². The number of aromatic nitrogens is 1. The Morgan fingerprint density at radius 2 is 2.18 bits per heavy atom. The Morgan fingerprint density at radius 3 is 2.94 bits per heavy atom. The molecule has 0 atom stereocenters. The first-order valence-electron chi connectivity index (χ1n) is 6.42. The third-order valence-electron chi connectivity index (χ3n) is 3.16. The largest absolute Gasteiger partial charge is 0.382 e. The molecule has 1 aromatic rings. The van der Waals surface area contributed by atoms with Crippen LogP contribution in [0, 0.1) is 0 Å². The van der Waals surface area contributed by atoms with Crippen LogP contribution in [0.15, 0.2) is 18.3 Å². The quantitative estimate of drug-likeness (QED) is 0.769. The van der Waals surface area contributed by atoms with Crippen LogP contribution in [0.1, 0.15) is 32.1 Å². The summed E-state index contributed by atoms with van der Waals surface area (Å²) < 4.78 is 5.82. The van der Waals surface area contributed by atoms with Gasteiger partial charge in [-0.05, 0) is 25.0 Å². The van der Waals surface area contributed by atoms with E-state index < -0.39 is 0 Å². The van der Waals surface area contributed by atoms with Gasteiger partial charge in [-0.3, -0.25) is 0 Å². The normalized spacial score (nSPS) is 16.9. The smallest absolute Gasteiger partial charge is 0.146 e. The van der Waals surface area contributed by atoms with Crippen molar-refractivity contribution in [2.75, 3.05) is 24.2 Å². The Balaban J connectivity index is 1.64. The summed E-state index contributed by atoms with van der Waals surface area (Å²) in [6.07, 6.45) is 8.59. The van der Waals surface area contributed by atoms with Crippen molar-refractivity contribution < 1.29 is 4.74 Å². The zero-order valence-electron chi connectivity index (χ0n) is 10.2. The summed E-state index contributed by atoms with van der Waals surface area (Å²) in [4.78, 5) is 4.02. The average molecular weight is 235 g/mol. The van der Waals surface area contributed by atoms with Crippen molar-refractivity contribution in [2.24, 2.45) is 0 Å². The molecule has 17 heavy (non-hydrogen) atoms. The van der Waals surface area contributed by atoms with Gasteiger partial charge in [-0.1, -0.05) is 19.3 Å². The first kappa shape index (κ1) is 12.2. The fourth-order valence-electron chi connectivity index (χ4n) is 2.21. The SMILES string of the molecule is Nc1ncccc1NCCOC1CCCCC1. The van der Waals surface area contributed by atoms with Crippen LogP contribution in [0.4, 0.5) is 11.5 Å². The molecule has 0 aromatic carbocycles.